The molecule has 5 N–H and O–H groups in total. The van der Waals surface area contributed by atoms with E-state index in [0.29, 0.717) is 18.2 Å². The number of amides is 1. The quantitative estimate of drug-likeness (QED) is 0.618. The fraction of sp³-hybridized carbons (Fsp3) is 0.688. The van der Waals surface area contributed by atoms with Gasteiger partial charge in [0.25, 0.3) is 5.91 Å². The van der Waals surface area contributed by atoms with Crippen molar-refractivity contribution in [1.29, 1.82) is 0 Å². The summed E-state index contributed by atoms with van der Waals surface area (Å²) in [6, 6.07) is -0.0910. The van der Waals surface area contributed by atoms with E-state index in [1.165, 1.54) is 6.20 Å². The first-order valence-electron chi connectivity index (χ1n) is 8.21. The van der Waals surface area contributed by atoms with E-state index in [9.17, 15) is 9.90 Å². The van der Waals surface area contributed by atoms with Crippen LogP contribution in [-0.4, -0.2) is 45.9 Å². The van der Waals surface area contributed by atoms with E-state index in [1.54, 1.807) is 0 Å². The van der Waals surface area contributed by atoms with Crippen LogP contribution in [0.2, 0.25) is 0 Å². The summed E-state index contributed by atoms with van der Waals surface area (Å²) in [5.41, 5.74) is 4.18. The van der Waals surface area contributed by atoms with E-state index < -0.39 is 11.4 Å². The van der Waals surface area contributed by atoms with Crippen LogP contribution in [0.3, 0.4) is 0 Å². The number of anilines is 2. The van der Waals surface area contributed by atoms with Crippen molar-refractivity contribution in [3.63, 3.8) is 0 Å². The maximum atomic E-state index is 11.6. The van der Waals surface area contributed by atoms with E-state index in [2.05, 4.69) is 20.6 Å². The summed E-state index contributed by atoms with van der Waals surface area (Å²) >= 11 is 0. The van der Waals surface area contributed by atoms with Crippen molar-refractivity contribution in [3.05, 3.63) is 11.8 Å². The summed E-state index contributed by atoms with van der Waals surface area (Å²) in [6.07, 6.45) is 3.39. The number of carbonyl (C=O) groups is 1. The van der Waals surface area contributed by atoms with Gasteiger partial charge in [-0.1, -0.05) is 6.92 Å². The number of aliphatic hydroxyl groups is 1. The van der Waals surface area contributed by atoms with Gasteiger partial charge in [0.1, 0.15) is 13.7 Å². The first-order chi connectivity index (χ1) is 11.0. The molecule has 1 fully saturated rings. The normalized spacial score (nSPS) is 27.5. The van der Waals surface area contributed by atoms with Crippen molar-refractivity contribution in [2.24, 2.45) is 11.7 Å². The maximum Gasteiger partial charge on any atom is 0.254 e. The van der Waals surface area contributed by atoms with Gasteiger partial charge in [0.05, 0.1) is 5.56 Å². The number of rotatable bonds is 4. The smallest absolute Gasteiger partial charge is 0.254 e. The summed E-state index contributed by atoms with van der Waals surface area (Å²) in [5, 5.41) is 16.6. The molecule has 0 bridgehead atoms. The third-order valence-corrected chi connectivity index (χ3v) is 4.26. The number of nitrogens with zero attached hydrogens (tertiary/aromatic N) is 2. The fourth-order valence-corrected chi connectivity index (χ4v) is 2.78. The molecule has 3 atom stereocenters. The van der Waals surface area contributed by atoms with Crippen molar-refractivity contribution < 1.29 is 9.90 Å². The Morgan fingerprint density at radius 2 is 2.12 bits per heavy atom. The largest absolute Gasteiger partial charge is 0.399 e. The van der Waals surface area contributed by atoms with Crippen LogP contribution in [0.1, 0.15) is 57.3 Å². The molecule has 0 aromatic carbocycles. The molecule has 1 aromatic rings. The van der Waals surface area contributed by atoms with Crippen molar-refractivity contribution in [1.82, 2.24) is 9.97 Å². The highest BCUT2D eigenvalue weighted by Gasteiger charge is 2.36. The van der Waals surface area contributed by atoms with Gasteiger partial charge in [-0.3, -0.25) is 4.79 Å². The molecule has 1 amide bonds. The zero-order chi connectivity index (χ0) is 18.1. The number of carbonyl (C=O) groups excluding carboxylic acids is 1. The molecule has 1 aliphatic rings. The molecule has 0 saturated heterocycles. The van der Waals surface area contributed by atoms with Gasteiger partial charge in [0.2, 0.25) is 5.95 Å². The maximum absolute atomic E-state index is 11.6. The highest BCUT2D eigenvalue weighted by Crippen LogP contribution is 2.33. The lowest BCUT2D eigenvalue weighted by Gasteiger charge is -2.40. The van der Waals surface area contributed by atoms with Gasteiger partial charge in [-0.2, -0.15) is 4.98 Å². The Morgan fingerprint density at radius 3 is 2.67 bits per heavy atom. The van der Waals surface area contributed by atoms with Crippen molar-refractivity contribution in [2.45, 2.75) is 64.0 Å². The highest BCUT2D eigenvalue weighted by molar-refractivity contribution is 6.14. The number of primary amides is 1. The zero-order valence-corrected chi connectivity index (χ0v) is 14.8. The number of hydrogen-bond acceptors (Lipinski definition) is 6. The van der Waals surface area contributed by atoms with Crippen LogP contribution in [-0.2, 0) is 0 Å². The molecule has 130 valence electrons. The van der Waals surface area contributed by atoms with Gasteiger partial charge in [0, 0.05) is 23.3 Å². The third kappa shape index (κ3) is 4.60. The lowest BCUT2D eigenvalue weighted by atomic mass is 9.63. The molecule has 3 unspecified atom stereocenters. The minimum Gasteiger partial charge on any atom is -0.399 e. The minimum atomic E-state index is -1.23. The summed E-state index contributed by atoms with van der Waals surface area (Å²) < 4.78 is 0. The van der Waals surface area contributed by atoms with E-state index in [4.69, 9.17) is 13.6 Å². The van der Waals surface area contributed by atoms with E-state index in [0.717, 1.165) is 12.8 Å². The van der Waals surface area contributed by atoms with Gasteiger partial charge in [-0.15, -0.1) is 0 Å². The summed E-state index contributed by atoms with van der Waals surface area (Å²) in [6.45, 7) is 7.90. The molecular weight excluding hydrogens is 305 g/mol. The highest BCUT2D eigenvalue weighted by atomic mass is 16.3. The van der Waals surface area contributed by atoms with Gasteiger partial charge < -0.3 is 21.5 Å². The summed E-state index contributed by atoms with van der Waals surface area (Å²) in [4.78, 5) is 20.2. The van der Waals surface area contributed by atoms with Crippen LogP contribution >= 0.6 is 0 Å². The predicted octanol–water partition coefficient (Wildman–Crippen LogP) is 1.24. The average molecular weight is 331 g/mol. The van der Waals surface area contributed by atoms with Crippen molar-refractivity contribution >= 4 is 25.5 Å². The van der Waals surface area contributed by atoms with Crippen LogP contribution in [0.25, 0.3) is 0 Å². The number of nitrogens with one attached hydrogen (secondary N) is 2. The first kappa shape index (κ1) is 18.5. The lowest BCUT2D eigenvalue weighted by Crippen LogP contribution is -2.46. The molecule has 8 heteroatoms. The molecule has 1 aliphatic carbocycles. The average Bonchev–Trinajstić information content (AvgIpc) is 2.40. The standard InChI is InChI=1S/C16H26BN5O2/c1-9-5-6-10(7-16(9,17)24)20-13-11(12(18)23)8-19-14(21-13)22-15(2,3)4/h8-10,24H,5-7H2,1-4H3,(H2,18,23)(H2,19,20,21,22). The monoisotopic (exact) mass is 331 g/mol. The van der Waals surface area contributed by atoms with Crippen LogP contribution in [0.5, 0.6) is 0 Å². The van der Waals surface area contributed by atoms with Crippen molar-refractivity contribution in [2.75, 3.05) is 10.6 Å². The molecule has 2 rings (SSSR count). The Hall–Kier alpha value is -1.83. The molecule has 1 heterocycles. The minimum absolute atomic E-state index is 0.0229. The Balaban J connectivity index is 2.23. The topological polar surface area (TPSA) is 113 Å². The molecule has 1 saturated carbocycles. The van der Waals surface area contributed by atoms with E-state index in [-0.39, 0.29) is 23.1 Å². The number of hydrogen-bond donors (Lipinski definition) is 4. The summed E-state index contributed by atoms with van der Waals surface area (Å²) in [7, 11) is 5.96. The van der Waals surface area contributed by atoms with Crippen LogP contribution < -0.4 is 16.4 Å². The second-order valence-electron chi connectivity index (χ2n) is 7.71. The molecule has 0 spiro atoms. The Bertz CT molecular complexity index is 615. The Morgan fingerprint density at radius 1 is 1.46 bits per heavy atom. The van der Waals surface area contributed by atoms with Crippen LogP contribution in [0.4, 0.5) is 11.8 Å². The molecular formula is C16H26BN5O2. The predicted molar refractivity (Wildman–Crippen MR) is 95.1 cm³/mol. The van der Waals surface area contributed by atoms with Crippen LogP contribution in [0.15, 0.2) is 6.20 Å². The van der Waals surface area contributed by atoms with Gasteiger partial charge in [-0.05, 0) is 46.0 Å². The molecule has 1 aromatic heterocycles. The SMILES string of the molecule is [B]C1(O)CC(Nc2nc(NC(C)(C)C)ncc2C(N)=O)CCC1C. The fourth-order valence-electron chi connectivity index (χ4n) is 2.78. The van der Waals surface area contributed by atoms with Gasteiger partial charge >= 0.3 is 0 Å². The van der Waals surface area contributed by atoms with E-state index in [1.807, 2.05) is 27.7 Å². The second-order valence-corrected chi connectivity index (χ2v) is 7.71. The molecule has 24 heavy (non-hydrogen) atoms. The van der Waals surface area contributed by atoms with Crippen LogP contribution in [0, 0.1) is 5.92 Å². The lowest BCUT2D eigenvalue weighted by molar-refractivity contribution is 0.0315. The summed E-state index contributed by atoms with van der Waals surface area (Å²) in [5.74, 6) is 0.184. The van der Waals surface area contributed by atoms with Crippen molar-refractivity contribution in [3.8, 4) is 0 Å². The molecule has 0 aliphatic heterocycles. The first-order valence-corrected chi connectivity index (χ1v) is 8.21. The molecule has 2 radical (unpaired) electrons. The zero-order valence-electron chi connectivity index (χ0n) is 14.8. The third-order valence-electron chi connectivity index (χ3n) is 4.26. The Kier molecular flexibility index (Phi) is 5.08. The van der Waals surface area contributed by atoms with E-state index >= 15 is 0 Å². The molecule has 7 nitrogen and oxygen atoms in total. The number of nitrogens with two attached hydrogens (primary N) is 1. The number of aromatic nitrogens is 2. The van der Waals surface area contributed by atoms with Gasteiger partial charge in [-0.25, -0.2) is 4.98 Å². The Labute approximate surface area is 144 Å². The van der Waals surface area contributed by atoms with Gasteiger partial charge in [0.15, 0.2) is 0 Å². The second kappa shape index (κ2) is 6.59.